The predicted molar refractivity (Wildman–Crippen MR) is 161 cm³/mol. The fraction of sp³-hybridized carbons (Fsp3) is 0.241. The van der Waals surface area contributed by atoms with Gasteiger partial charge in [-0.05, 0) is 47.4 Å². The fourth-order valence-corrected chi connectivity index (χ4v) is 4.90. The molecule has 0 fully saturated rings. The second-order valence-electron chi connectivity index (χ2n) is 10.1. The smallest absolute Gasteiger partial charge is 0.263 e. The zero-order valence-electron chi connectivity index (χ0n) is 24.0. The Balaban J connectivity index is 1.87. The number of dihydropyridines is 1. The van der Waals surface area contributed by atoms with Gasteiger partial charge in [0.05, 0.1) is 29.6 Å². The Morgan fingerprint density at radius 3 is 2.44 bits per heavy atom. The minimum absolute atomic E-state index is 0.000338. The molecule has 0 saturated carbocycles. The van der Waals surface area contributed by atoms with E-state index in [1.165, 1.54) is 25.4 Å². The maximum Gasteiger partial charge on any atom is 0.263 e. The standard InChI is InChI=1S/C29H32N6O7S/c1-29(2,3)20-9-11-22(12-10-20)43(38,39)34-27-25(42-24-8-6-5-7-23(24)40-4)28(41-16-15-36)33-26(32-27)19-13-14-30-21(17-19)18-31-35-37/h5-14,17-18,30,36H,15-16H2,1-4H3,(H,31,37)(H,32,33,34). The highest BCUT2D eigenvalue weighted by Crippen LogP contribution is 2.41. The summed E-state index contributed by atoms with van der Waals surface area (Å²) in [6, 6.07) is 13.3. The first kappa shape index (κ1) is 31.0. The van der Waals surface area contributed by atoms with Gasteiger partial charge in [-0.15, -0.1) is 4.91 Å². The molecule has 3 aromatic rings. The van der Waals surface area contributed by atoms with Crippen LogP contribution < -0.4 is 29.7 Å². The number of benzene rings is 2. The number of para-hydroxylation sites is 2. The van der Waals surface area contributed by atoms with Crippen molar-refractivity contribution in [2.45, 2.75) is 31.1 Å². The SMILES string of the molecule is COc1ccccc1Oc1c(NS(=O)(=O)c2ccc(C(C)(C)C)cc2)nc(C2=CC(=CNN=O)NC=C2)nc1OCCO. The number of nitroso groups, excluding NO2 is 1. The lowest BCUT2D eigenvalue weighted by Gasteiger charge is -2.20. The van der Waals surface area contributed by atoms with Gasteiger partial charge in [-0.25, -0.2) is 18.8 Å². The van der Waals surface area contributed by atoms with E-state index in [9.17, 15) is 18.4 Å². The third-order valence-electron chi connectivity index (χ3n) is 6.06. The van der Waals surface area contributed by atoms with Crippen LogP contribution in [0.2, 0.25) is 0 Å². The summed E-state index contributed by atoms with van der Waals surface area (Å²) in [6.07, 6.45) is 6.14. The van der Waals surface area contributed by atoms with Gasteiger partial charge in [0.1, 0.15) is 6.61 Å². The maximum absolute atomic E-state index is 13.6. The van der Waals surface area contributed by atoms with E-state index in [4.69, 9.17) is 14.2 Å². The molecule has 0 spiro atoms. The van der Waals surface area contributed by atoms with Crippen molar-refractivity contribution in [3.63, 3.8) is 0 Å². The predicted octanol–water partition coefficient (Wildman–Crippen LogP) is 4.36. The van der Waals surface area contributed by atoms with Gasteiger partial charge in [0.15, 0.2) is 23.1 Å². The molecule has 14 heteroatoms. The van der Waals surface area contributed by atoms with Crippen LogP contribution in [0.25, 0.3) is 5.57 Å². The molecule has 43 heavy (non-hydrogen) atoms. The Morgan fingerprint density at radius 1 is 1.07 bits per heavy atom. The molecular weight excluding hydrogens is 576 g/mol. The molecule has 13 nitrogen and oxygen atoms in total. The summed E-state index contributed by atoms with van der Waals surface area (Å²) in [4.78, 5) is 19.5. The van der Waals surface area contributed by atoms with Gasteiger partial charge in [0.25, 0.3) is 15.9 Å². The quantitative estimate of drug-likeness (QED) is 0.170. The molecule has 1 aliphatic heterocycles. The fourth-order valence-electron chi connectivity index (χ4n) is 3.90. The number of aliphatic hydroxyl groups is 1. The summed E-state index contributed by atoms with van der Waals surface area (Å²) < 4.78 is 47.0. The van der Waals surface area contributed by atoms with Crippen LogP contribution in [0.5, 0.6) is 23.1 Å². The Bertz CT molecular complexity index is 1660. The molecule has 226 valence electrons. The van der Waals surface area contributed by atoms with Crippen LogP contribution >= 0.6 is 0 Å². The molecule has 2 heterocycles. The first-order valence-electron chi connectivity index (χ1n) is 13.1. The van der Waals surface area contributed by atoms with Crippen molar-refractivity contribution in [3.05, 3.63) is 95.1 Å². The zero-order chi connectivity index (χ0) is 31.0. The molecule has 0 bridgehead atoms. The lowest BCUT2D eigenvalue weighted by atomic mass is 9.87. The van der Waals surface area contributed by atoms with Crippen molar-refractivity contribution in [1.29, 1.82) is 0 Å². The van der Waals surface area contributed by atoms with E-state index < -0.39 is 10.0 Å². The van der Waals surface area contributed by atoms with E-state index in [2.05, 4.69) is 30.7 Å². The van der Waals surface area contributed by atoms with E-state index in [1.54, 1.807) is 54.8 Å². The minimum Gasteiger partial charge on any atom is -0.493 e. The van der Waals surface area contributed by atoms with Crippen LogP contribution in [0, 0.1) is 4.91 Å². The van der Waals surface area contributed by atoms with Crippen LogP contribution in [0.3, 0.4) is 0 Å². The first-order chi connectivity index (χ1) is 20.6. The number of aromatic nitrogens is 2. The van der Waals surface area contributed by atoms with Gasteiger partial charge >= 0.3 is 0 Å². The highest BCUT2D eigenvalue weighted by Gasteiger charge is 2.26. The van der Waals surface area contributed by atoms with Crippen LogP contribution in [0.1, 0.15) is 32.2 Å². The van der Waals surface area contributed by atoms with Crippen LogP contribution in [-0.2, 0) is 15.4 Å². The molecule has 0 aliphatic carbocycles. The molecule has 4 rings (SSSR count). The number of methoxy groups -OCH3 is 1. The summed E-state index contributed by atoms with van der Waals surface area (Å²) in [5, 5.41) is 15.0. The minimum atomic E-state index is -4.19. The van der Waals surface area contributed by atoms with E-state index in [-0.39, 0.29) is 52.5 Å². The number of sulfonamides is 1. The Hall–Kier alpha value is -4.95. The maximum atomic E-state index is 13.6. The van der Waals surface area contributed by atoms with Gasteiger partial charge in [0.2, 0.25) is 5.75 Å². The molecule has 1 aromatic heterocycles. The largest absolute Gasteiger partial charge is 0.493 e. The number of hydrogen-bond donors (Lipinski definition) is 4. The summed E-state index contributed by atoms with van der Waals surface area (Å²) in [7, 11) is -2.72. The summed E-state index contributed by atoms with van der Waals surface area (Å²) in [6.45, 7) is 5.57. The first-order valence-corrected chi connectivity index (χ1v) is 14.6. The third-order valence-corrected chi connectivity index (χ3v) is 7.42. The number of aliphatic hydroxyl groups excluding tert-OH is 1. The van der Waals surface area contributed by atoms with Gasteiger partial charge in [-0.2, -0.15) is 4.98 Å². The number of hydrogen-bond acceptors (Lipinski definition) is 11. The Labute approximate surface area is 249 Å². The molecule has 0 radical (unpaired) electrons. The van der Waals surface area contributed by atoms with Gasteiger partial charge in [0, 0.05) is 18.0 Å². The van der Waals surface area contributed by atoms with Gasteiger partial charge in [-0.1, -0.05) is 45.0 Å². The van der Waals surface area contributed by atoms with Crippen LogP contribution in [0.15, 0.2) is 89.0 Å². The molecule has 1 aliphatic rings. The summed E-state index contributed by atoms with van der Waals surface area (Å²) in [5.41, 5.74) is 3.88. The van der Waals surface area contributed by atoms with Crippen LogP contribution in [0.4, 0.5) is 5.82 Å². The molecule has 0 unspecified atom stereocenters. The number of allylic oxidation sites excluding steroid dienone is 3. The van der Waals surface area contributed by atoms with E-state index in [1.807, 2.05) is 20.8 Å². The molecule has 0 atom stereocenters. The van der Waals surface area contributed by atoms with Crippen LogP contribution in [-0.4, -0.2) is 43.8 Å². The number of rotatable bonds is 12. The topological polar surface area (TPSA) is 173 Å². The zero-order valence-corrected chi connectivity index (χ0v) is 24.8. The van der Waals surface area contributed by atoms with Gasteiger partial charge < -0.3 is 24.6 Å². The highest BCUT2D eigenvalue weighted by molar-refractivity contribution is 7.92. The van der Waals surface area contributed by atoms with E-state index in [0.29, 0.717) is 17.0 Å². The third kappa shape index (κ3) is 7.67. The molecule has 0 amide bonds. The summed E-state index contributed by atoms with van der Waals surface area (Å²) >= 11 is 0. The number of ether oxygens (including phenoxy) is 3. The number of anilines is 1. The molecule has 4 N–H and O–H groups in total. The molecule has 0 saturated heterocycles. The lowest BCUT2D eigenvalue weighted by Crippen LogP contribution is -2.18. The lowest BCUT2D eigenvalue weighted by molar-refractivity contribution is 0.192. The van der Waals surface area contributed by atoms with Crippen molar-refractivity contribution in [2.24, 2.45) is 5.29 Å². The normalized spacial score (nSPS) is 14.0. The Morgan fingerprint density at radius 2 is 1.79 bits per heavy atom. The molecular formula is C29H32N6O7S. The average molecular weight is 609 g/mol. The van der Waals surface area contributed by atoms with E-state index in [0.717, 1.165) is 5.56 Å². The van der Waals surface area contributed by atoms with Crippen molar-refractivity contribution in [1.82, 2.24) is 20.7 Å². The summed E-state index contributed by atoms with van der Waals surface area (Å²) in [5.74, 6) is 0.137. The van der Waals surface area contributed by atoms with Gasteiger partial charge in [-0.3, -0.25) is 4.72 Å². The Kier molecular flexibility index (Phi) is 9.63. The second-order valence-corrected chi connectivity index (χ2v) is 11.8. The van der Waals surface area contributed by atoms with Crippen molar-refractivity contribution < 1.29 is 27.7 Å². The van der Waals surface area contributed by atoms with E-state index >= 15 is 0 Å². The number of nitrogens with zero attached hydrogens (tertiary/aromatic N) is 3. The second kappa shape index (κ2) is 13.4. The van der Waals surface area contributed by atoms with Crippen molar-refractivity contribution in [2.75, 3.05) is 25.0 Å². The van der Waals surface area contributed by atoms with Crippen molar-refractivity contribution in [3.8, 4) is 23.1 Å². The monoisotopic (exact) mass is 608 g/mol. The highest BCUT2D eigenvalue weighted by atomic mass is 32.2. The van der Waals surface area contributed by atoms with Crippen molar-refractivity contribution >= 4 is 21.4 Å². The average Bonchev–Trinajstić information content (AvgIpc) is 3.00. The number of nitrogens with one attached hydrogen (secondary N) is 3. The molecule has 2 aromatic carbocycles.